The smallest absolute Gasteiger partial charge is 0.255 e. The van der Waals surface area contributed by atoms with Crippen LogP contribution in [-0.4, -0.2) is 12.5 Å². The molecule has 1 rings (SSSR count). The van der Waals surface area contributed by atoms with Crippen molar-refractivity contribution in [1.82, 2.24) is 0 Å². The van der Waals surface area contributed by atoms with Crippen LogP contribution in [0, 0.1) is 0 Å². The van der Waals surface area contributed by atoms with Gasteiger partial charge in [-0.1, -0.05) is 0 Å². The second kappa shape index (κ2) is 1.12. The van der Waals surface area contributed by atoms with E-state index in [1.807, 2.05) is 0 Å². The second-order valence-corrected chi connectivity index (χ2v) is 0.871. The molecule has 1 fully saturated rings. The van der Waals surface area contributed by atoms with E-state index in [1.54, 1.807) is 0 Å². The monoisotopic (exact) mass is 86.0 g/mol. The lowest BCUT2D eigenvalue weighted by atomic mass is 10.6. The lowest BCUT2D eigenvalue weighted by Gasteiger charge is -2.10. The van der Waals surface area contributed by atoms with Gasteiger partial charge < -0.3 is 4.89 Å². The summed E-state index contributed by atoms with van der Waals surface area (Å²) in [6.07, 6.45) is 0. The molecule has 0 N–H and O–H groups in total. The molecule has 1 aliphatic heterocycles. The number of rotatable bonds is 0. The van der Waals surface area contributed by atoms with Gasteiger partial charge in [-0.25, -0.2) is 4.79 Å². The Morgan fingerprint density at radius 2 is 2.50 bits per heavy atom. The van der Waals surface area contributed by atoms with E-state index in [-0.39, 0.29) is 12.4 Å². The predicted octanol–water partition coefficient (Wildman–Crippen LogP) is -0.336. The molecule has 0 atom stereocenters. The highest BCUT2D eigenvalue weighted by Gasteiger charge is 2.11. The van der Waals surface area contributed by atoms with Gasteiger partial charge in [0.05, 0.1) is 0 Å². The minimum absolute atomic E-state index is 0.245. The molecular weight excluding hydrogens is 84.0 g/mol. The van der Waals surface area contributed by atoms with Crippen LogP contribution in [-0.2, 0) is 14.6 Å². The Hall–Kier alpha value is -0.790. The molecule has 0 aliphatic carbocycles. The fourth-order valence-corrected chi connectivity index (χ4v) is 0.164. The summed E-state index contributed by atoms with van der Waals surface area (Å²) in [4.78, 5) is 17.6. The molecule has 1 saturated heterocycles. The van der Waals surface area contributed by atoms with Crippen molar-refractivity contribution in [2.45, 2.75) is 0 Å². The van der Waals surface area contributed by atoms with Gasteiger partial charge in [0.1, 0.15) is 0 Å². The van der Waals surface area contributed by atoms with Crippen LogP contribution in [0.3, 0.4) is 0 Å². The molecule has 32 valence electrons. The van der Waals surface area contributed by atoms with Crippen molar-refractivity contribution in [2.24, 2.45) is 0 Å². The summed E-state index contributed by atoms with van der Waals surface area (Å²) in [7, 11) is 0. The Balaban J connectivity index is 2.55. The van der Waals surface area contributed by atoms with Crippen molar-refractivity contribution in [3.05, 3.63) is 5.76 Å². The topological polar surface area (TPSA) is 35.5 Å². The number of hydrogen-bond donors (Lipinski definition) is 0. The third-order valence-electron chi connectivity index (χ3n) is 0.463. The minimum atomic E-state index is 0.245. The predicted molar refractivity (Wildman–Crippen MR) is 16.2 cm³/mol. The Morgan fingerprint density at radius 3 is 2.50 bits per heavy atom. The van der Waals surface area contributed by atoms with Crippen molar-refractivity contribution in [2.75, 3.05) is 6.61 Å². The van der Waals surface area contributed by atoms with E-state index in [2.05, 4.69) is 9.78 Å². The van der Waals surface area contributed by atoms with E-state index in [9.17, 15) is 4.79 Å². The maximum atomic E-state index is 9.42. The zero-order chi connectivity index (χ0) is 4.41. The molecule has 0 unspecified atom stereocenters. The van der Waals surface area contributed by atoms with Crippen LogP contribution in [0.1, 0.15) is 0 Å². The first-order valence-corrected chi connectivity index (χ1v) is 1.47. The molecule has 1 aliphatic rings. The summed E-state index contributed by atoms with van der Waals surface area (Å²) >= 11 is 0. The molecule has 3 heteroatoms. The molecular formula is C3H2O3. The molecule has 6 heavy (non-hydrogen) atoms. The van der Waals surface area contributed by atoms with Gasteiger partial charge in [0, 0.05) is 0 Å². The minimum Gasteiger partial charge on any atom is -0.327 e. The third-order valence-corrected chi connectivity index (χ3v) is 0.463. The lowest BCUT2D eigenvalue weighted by Crippen LogP contribution is -2.12. The highest BCUT2D eigenvalue weighted by molar-refractivity contribution is 5.50. The Bertz CT molecular complexity index is 94.6. The fraction of sp³-hybridized carbons (Fsp3) is 0.333. The fourth-order valence-electron chi connectivity index (χ4n) is 0.164. The van der Waals surface area contributed by atoms with Gasteiger partial charge in [-0.05, 0) is 0 Å². The van der Waals surface area contributed by atoms with Crippen molar-refractivity contribution in [1.29, 1.82) is 0 Å². The van der Waals surface area contributed by atoms with Crippen molar-refractivity contribution < 1.29 is 14.6 Å². The highest BCUT2D eigenvalue weighted by atomic mass is 17.2. The van der Waals surface area contributed by atoms with Crippen LogP contribution in [0.15, 0.2) is 5.76 Å². The first-order valence-electron chi connectivity index (χ1n) is 1.47. The quantitative estimate of drug-likeness (QED) is 0.299. The molecule has 0 aromatic rings. The van der Waals surface area contributed by atoms with Crippen LogP contribution in [0.5, 0.6) is 0 Å². The number of hydrogen-bond acceptors (Lipinski definition) is 3. The molecule has 0 radical (unpaired) electrons. The summed E-state index contributed by atoms with van der Waals surface area (Å²) in [6, 6.07) is 0. The first kappa shape index (κ1) is 3.40. The van der Waals surface area contributed by atoms with E-state index in [0.29, 0.717) is 0 Å². The van der Waals surface area contributed by atoms with E-state index >= 15 is 0 Å². The second-order valence-electron chi connectivity index (χ2n) is 0.871. The lowest BCUT2D eigenvalue weighted by molar-refractivity contribution is -0.333. The largest absolute Gasteiger partial charge is 0.327 e. The molecule has 0 aromatic carbocycles. The van der Waals surface area contributed by atoms with Gasteiger partial charge in [0.25, 0.3) is 5.76 Å². The maximum absolute atomic E-state index is 9.42. The van der Waals surface area contributed by atoms with E-state index in [1.165, 1.54) is 5.94 Å². The van der Waals surface area contributed by atoms with Gasteiger partial charge in [-0.15, -0.1) is 0 Å². The zero-order valence-corrected chi connectivity index (χ0v) is 2.93. The van der Waals surface area contributed by atoms with Crippen molar-refractivity contribution in [3.8, 4) is 0 Å². The average molecular weight is 86.0 g/mol. The van der Waals surface area contributed by atoms with Crippen LogP contribution in [0.25, 0.3) is 0 Å². The Kier molecular flexibility index (Phi) is 0.638. The van der Waals surface area contributed by atoms with Crippen LogP contribution in [0.2, 0.25) is 0 Å². The standard InChI is InChI=1S/C3H2O3/c4-1-3-2-5-6-3/h2H2. The summed E-state index contributed by atoms with van der Waals surface area (Å²) in [5.41, 5.74) is 0. The van der Waals surface area contributed by atoms with E-state index in [4.69, 9.17) is 0 Å². The molecule has 1 heterocycles. The molecule has 0 saturated carbocycles. The Labute approximate surface area is 34.1 Å². The van der Waals surface area contributed by atoms with Crippen LogP contribution < -0.4 is 0 Å². The van der Waals surface area contributed by atoms with Gasteiger partial charge in [0.15, 0.2) is 12.5 Å². The van der Waals surface area contributed by atoms with Gasteiger partial charge in [0.2, 0.25) is 0 Å². The summed E-state index contributed by atoms with van der Waals surface area (Å²) in [6.45, 7) is 0.281. The number of carbonyl (C=O) groups excluding carboxylic acids is 1. The maximum Gasteiger partial charge on any atom is 0.255 e. The van der Waals surface area contributed by atoms with Gasteiger partial charge >= 0.3 is 0 Å². The van der Waals surface area contributed by atoms with E-state index < -0.39 is 0 Å². The van der Waals surface area contributed by atoms with Crippen LogP contribution >= 0.6 is 0 Å². The normalized spacial score (nSPS) is 17.7. The highest BCUT2D eigenvalue weighted by Crippen LogP contribution is 2.04. The van der Waals surface area contributed by atoms with Gasteiger partial charge in [-0.3, -0.25) is 0 Å². The Morgan fingerprint density at radius 1 is 1.83 bits per heavy atom. The van der Waals surface area contributed by atoms with Crippen molar-refractivity contribution in [3.63, 3.8) is 0 Å². The summed E-state index contributed by atoms with van der Waals surface area (Å²) in [5, 5.41) is 0. The first-order chi connectivity index (χ1) is 2.93. The van der Waals surface area contributed by atoms with E-state index in [0.717, 1.165) is 0 Å². The van der Waals surface area contributed by atoms with Gasteiger partial charge in [-0.2, -0.15) is 4.89 Å². The molecule has 0 amide bonds. The molecule has 0 bridgehead atoms. The third kappa shape index (κ3) is 0.302. The summed E-state index contributed by atoms with van der Waals surface area (Å²) < 4.78 is 0. The average Bonchev–Trinajstić information content (AvgIpc) is 1.31. The molecule has 0 aromatic heterocycles. The summed E-state index contributed by atoms with van der Waals surface area (Å²) in [5.74, 6) is 1.77. The zero-order valence-electron chi connectivity index (χ0n) is 2.93. The van der Waals surface area contributed by atoms with Crippen molar-refractivity contribution >= 4 is 5.94 Å². The molecule has 0 spiro atoms. The SMILES string of the molecule is O=C=C1COO1. The van der Waals surface area contributed by atoms with Crippen LogP contribution in [0.4, 0.5) is 0 Å². The molecule has 3 nitrogen and oxygen atoms in total.